The highest BCUT2D eigenvalue weighted by molar-refractivity contribution is 7.14. The van der Waals surface area contributed by atoms with E-state index < -0.39 is 0 Å². The predicted molar refractivity (Wildman–Crippen MR) is 88.9 cm³/mol. The van der Waals surface area contributed by atoms with Crippen molar-refractivity contribution in [2.45, 2.75) is 25.9 Å². The molecule has 0 spiro atoms. The number of aromatic nitrogens is 1. The Morgan fingerprint density at radius 2 is 1.80 bits per heavy atom. The molecule has 0 N–H and O–H groups in total. The maximum Gasteiger partial charge on any atom is 0.270 e. The summed E-state index contributed by atoms with van der Waals surface area (Å²) in [6.07, 6.45) is 2.52. The van der Waals surface area contributed by atoms with Gasteiger partial charge in [-0.25, -0.2) is 3.96 Å². The molecule has 1 aliphatic rings. The highest BCUT2D eigenvalue weighted by Crippen LogP contribution is 2.30. The maximum atomic E-state index is 12.4. The molecule has 1 fully saturated rings. The van der Waals surface area contributed by atoms with Crippen molar-refractivity contribution < 1.29 is 0 Å². The van der Waals surface area contributed by atoms with E-state index in [-0.39, 0.29) is 24.1 Å². The molecule has 0 bridgehead atoms. The van der Waals surface area contributed by atoms with Crippen LogP contribution in [0.15, 0.2) is 16.9 Å². The van der Waals surface area contributed by atoms with Crippen LogP contribution in [-0.2, 0) is 0 Å². The van der Waals surface area contributed by atoms with E-state index in [9.17, 15) is 4.79 Å². The van der Waals surface area contributed by atoms with E-state index in [1.54, 1.807) is 12.1 Å². The zero-order valence-corrected chi connectivity index (χ0v) is 14.1. The van der Waals surface area contributed by atoms with Gasteiger partial charge in [-0.2, -0.15) is 0 Å². The molecule has 1 aliphatic heterocycles. The van der Waals surface area contributed by atoms with Crippen molar-refractivity contribution in [2.24, 2.45) is 0 Å². The van der Waals surface area contributed by atoms with Gasteiger partial charge in [0.1, 0.15) is 0 Å². The zero-order valence-electron chi connectivity index (χ0n) is 10.9. The lowest BCUT2D eigenvalue weighted by molar-refractivity contribution is 0.202. The minimum atomic E-state index is 0. The van der Waals surface area contributed by atoms with Crippen molar-refractivity contribution in [2.75, 3.05) is 13.1 Å². The SMILES string of the molecule is CC(N1CCCC1)n1sc2cc(Cl)c(Cl)cc2c1=O.Cl. The first-order valence-corrected chi connectivity index (χ1v) is 7.85. The summed E-state index contributed by atoms with van der Waals surface area (Å²) in [6.45, 7) is 4.19. The summed E-state index contributed by atoms with van der Waals surface area (Å²) in [4.78, 5) is 14.8. The Hall–Kier alpha value is -0.260. The Morgan fingerprint density at radius 1 is 1.20 bits per heavy atom. The van der Waals surface area contributed by atoms with E-state index >= 15 is 0 Å². The quantitative estimate of drug-likeness (QED) is 0.799. The van der Waals surface area contributed by atoms with E-state index in [0.29, 0.717) is 15.4 Å². The van der Waals surface area contributed by atoms with Crippen LogP contribution >= 0.6 is 47.1 Å². The number of benzene rings is 1. The van der Waals surface area contributed by atoms with Gasteiger partial charge < -0.3 is 0 Å². The number of rotatable bonds is 2. The number of likely N-dealkylation sites (tertiary alicyclic amines) is 1. The van der Waals surface area contributed by atoms with Crippen LogP contribution in [0.5, 0.6) is 0 Å². The first-order valence-electron chi connectivity index (χ1n) is 6.32. The molecule has 1 unspecified atom stereocenters. The first-order chi connectivity index (χ1) is 9.08. The third-order valence-electron chi connectivity index (χ3n) is 3.66. The molecule has 2 heterocycles. The van der Waals surface area contributed by atoms with Crippen LogP contribution in [0.3, 0.4) is 0 Å². The van der Waals surface area contributed by atoms with Gasteiger partial charge in [0.25, 0.3) is 5.56 Å². The fourth-order valence-electron chi connectivity index (χ4n) is 2.55. The fourth-order valence-corrected chi connectivity index (χ4v) is 4.03. The van der Waals surface area contributed by atoms with Gasteiger partial charge in [-0.3, -0.25) is 9.69 Å². The lowest BCUT2D eigenvalue weighted by Crippen LogP contribution is -2.31. The molecular weight excluding hydrogens is 339 g/mol. The van der Waals surface area contributed by atoms with E-state index in [1.165, 1.54) is 24.4 Å². The Balaban J connectivity index is 0.00000147. The second-order valence-corrected chi connectivity index (χ2v) is 6.69. The first kappa shape index (κ1) is 16.1. The molecule has 3 rings (SSSR count). The van der Waals surface area contributed by atoms with E-state index in [2.05, 4.69) is 11.8 Å². The molecule has 1 atom stereocenters. The van der Waals surface area contributed by atoms with Crippen molar-refractivity contribution in [1.82, 2.24) is 8.86 Å². The molecular formula is C13H15Cl3N2OS. The molecule has 20 heavy (non-hydrogen) atoms. The zero-order chi connectivity index (χ0) is 13.6. The van der Waals surface area contributed by atoms with Crippen molar-refractivity contribution in [3.05, 3.63) is 32.5 Å². The number of hydrogen-bond acceptors (Lipinski definition) is 3. The van der Waals surface area contributed by atoms with Crippen LogP contribution in [0.1, 0.15) is 25.9 Å². The van der Waals surface area contributed by atoms with Gasteiger partial charge in [-0.15, -0.1) is 12.4 Å². The Morgan fingerprint density at radius 3 is 2.45 bits per heavy atom. The van der Waals surface area contributed by atoms with Gasteiger partial charge in [-0.05, 0) is 31.9 Å². The van der Waals surface area contributed by atoms with Crippen LogP contribution in [0.25, 0.3) is 10.1 Å². The lowest BCUT2D eigenvalue weighted by Gasteiger charge is -2.23. The summed E-state index contributed by atoms with van der Waals surface area (Å²) in [5.74, 6) is 0. The van der Waals surface area contributed by atoms with Crippen LogP contribution in [-0.4, -0.2) is 21.9 Å². The van der Waals surface area contributed by atoms with Crippen molar-refractivity contribution >= 4 is 57.2 Å². The Kier molecular flexibility index (Phi) is 5.03. The monoisotopic (exact) mass is 352 g/mol. The molecule has 2 aromatic rings. The second kappa shape index (κ2) is 6.24. The number of nitrogens with zero attached hydrogens (tertiary/aromatic N) is 2. The summed E-state index contributed by atoms with van der Waals surface area (Å²) < 4.78 is 2.72. The molecule has 7 heteroatoms. The fraction of sp³-hybridized carbons (Fsp3) is 0.462. The highest BCUT2D eigenvalue weighted by Gasteiger charge is 2.22. The van der Waals surface area contributed by atoms with E-state index in [1.807, 2.05) is 3.96 Å². The van der Waals surface area contributed by atoms with Gasteiger partial charge >= 0.3 is 0 Å². The van der Waals surface area contributed by atoms with Gasteiger partial charge in [0.2, 0.25) is 0 Å². The van der Waals surface area contributed by atoms with Gasteiger partial charge in [0.15, 0.2) is 0 Å². The standard InChI is InChI=1S/C13H14Cl2N2OS.ClH/c1-8(16-4-2-3-5-16)17-13(18)9-6-10(14)11(15)7-12(9)19-17;/h6-8H,2-5H2,1H3;1H. The molecule has 1 aromatic heterocycles. The summed E-state index contributed by atoms with van der Waals surface area (Å²) in [7, 11) is 0. The average Bonchev–Trinajstić information content (AvgIpc) is 3.00. The normalized spacial score (nSPS) is 17.4. The highest BCUT2D eigenvalue weighted by atomic mass is 35.5. The van der Waals surface area contributed by atoms with Gasteiger partial charge in [0, 0.05) is 13.1 Å². The van der Waals surface area contributed by atoms with Crippen molar-refractivity contribution in [3.8, 4) is 0 Å². The van der Waals surface area contributed by atoms with Crippen LogP contribution < -0.4 is 5.56 Å². The molecule has 3 nitrogen and oxygen atoms in total. The number of halogens is 3. The van der Waals surface area contributed by atoms with Crippen LogP contribution in [0, 0.1) is 0 Å². The molecule has 0 saturated carbocycles. The van der Waals surface area contributed by atoms with Gasteiger partial charge in [0.05, 0.1) is 26.3 Å². The smallest absolute Gasteiger partial charge is 0.270 e. The maximum absolute atomic E-state index is 12.4. The number of fused-ring (bicyclic) bond motifs is 1. The van der Waals surface area contributed by atoms with E-state index in [4.69, 9.17) is 23.2 Å². The van der Waals surface area contributed by atoms with Gasteiger partial charge in [-0.1, -0.05) is 34.7 Å². The topological polar surface area (TPSA) is 25.2 Å². The minimum Gasteiger partial charge on any atom is -0.283 e. The second-order valence-electron chi connectivity index (χ2n) is 4.86. The minimum absolute atomic E-state index is 0. The lowest BCUT2D eigenvalue weighted by atomic mass is 10.3. The molecule has 1 saturated heterocycles. The third-order valence-corrected chi connectivity index (χ3v) is 5.58. The summed E-state index contributed by atoms with van der Waals surface area (Å²) >= 11 is 13.5. The summed E-state index contributed by atoms with van der Waals surface area (Å²) in [6, 6.07) is 3.45. The average molecular weight is 354 g/mol. The largest absolute Gasteiger partial charge is 0.283 e. The Bertz CT molecular complexity index is 676. The van der Waals surface area contributed by atoms with Crippen LogP contribution in [0.2, 0.25) is 10.0 Å². The molecule has 0 amide bonds. The Labute approximate surface area is 137 Å². The van der Waals surface area contributed by atoms with Crippen molar-refractivity contribution in [3.63, 3.8) is 0 Å². The third kappa shape index (κ3) is 2.72. The molecule has 0 aliphatic carbocycles. The summed E-state index contributed by atoms with van der Waals surface area (Å²) in [5, 5.41) is 1.59. The number of hydrogen-bond donors (Lipinski definition) is 0. The molecule has 110 valence electrons. The summed E-state index contributed by atoms with van der Waals surface area (Å²) in [5.41, 5.74) is 0.0259. The molecule has 1 aromatic carbocycles. The van der Waals surface area contributed by atoms with E-state index in [0.717, 1.165) is 17.8 Å². The van der Waals surface area contributed by atoms with Crippen molar-refractivity contribution in [1.29, 1.82) is 0 Å². The van der Waals surface area contributed by atoms with Crippen LogP contribution in [0.4, 0.5) is 0 Å². The molecule has 0 radical (unpaired) electrons. The predicted octanol–water partition coefficient (Wildman–Crippen LogP) is 4.41.